The molecule has 10 aromatic carbocycles. The predicted octanol–water partition coefficient (Wildman–Crippen LogP) is 14.4. The van der Waals surface area contributed by atoms with Crippen LogP contribution in [0.4, 0.5) is 0 Å². The summed E-state index contributed by atoms with van der Waals surface area (Å²) in [6.45, 7) is 0. The van der Waals surface area contributed by atoms with E-state index in [4.69, 9.17) is 4.42 Å². The van der Waals surface area contributed by atoms with E-state index >= 15 is 0 Å². The van der Waals surface area contributed by atoms with Gasteiger partial charge in [0, 0.05) is 16.2 Å². The van der Waals surface area contributed by atoms with Crippen molar-refractivity contribution in [3.8, 4) is 33.4 Å². The maximum absolute atomic E-state index is 6.51. The molecule has 0 N–H and O–H groups in total. The van der Waals surface area contributed by atoms with E-state index in [0.717, 1.165) is 21.9 Å². The van der Waals surface area contributed by atoms with Crippen molar-refractivity contribution in [2.24, 2.45) is 0 Å². The summed E-state index contributed by atoms with van der Waals surface area (Å²) in [4.78, 5) is 0. The summed E-state index contributed by atoms with van der Waals surface area (Å²) in [6.07, 6.45) is 0. The van der Waals surface area contributed by atoms with Crippen LogP contribution in [-0.2, 0) is 0 Å². The average molecular weight is 647 g/mol. The molecule has 0 atom stereocenters. The van der Waals surface area contributed by atoms with E-state index in [-0.39, 0.29) is 0 Å². The number of hydrogen-bond donors (Lipinski definition) is 0. The lowest BCUT2D eigenvalue weighted by Crippen LogP contribution is -1.91. The molecule has 0 fully saturated rings. The van der Waals surface area contributed by atoms with Crippen molar-refractivity contribution in [3.63, 3.8) is 0 Å². The summed E-state index contributed by atoms with van der Waals surface area (Å²) in [5.41, 5.74) is 9.31. The van der Waals surface area contributed by atoms with E-state index in [0.29, 0.717) is 0 Å². The fourth-order valence-corrected chi connectivity index (χ4v) is 8.59. The van der Waals surface area contributed by atoms with E-state index < -0.39 is 0 Å². The molecule has 0 aliphatic heterocycles. The Morgan fingerprint density at radius 2 is 0.824 bits per heavy atom. The van der Waals surface area contributed by atoms with Crippen molar-refractivity contribution >= 4 is 75.8 Å². The molecule has 0 aliphatic rings. The van der Waals surface area contributed by atoms with E-state index in [1.165, 1.54) is 87.2 Å². The second kappa shape index (κ2) is 10.9. The first-order chi connectivity index (χ1) is 25.3. The van der Waals surface area contributed by atoms with Crippen LogP contribution in [-0.4, -0.2) is 0 Å². The number of fused-ring (bicyclic) bond motifs is 11. The van der Waals surface area contributed by atoms with Crippen LogP contribution in [0.5, 0.6) is 0 Å². The largest absolute Gasteiger partial charge is 0.455 e. The summed E-state index contributed by atoms with van der Waals surface area (Å²) in [5, 5.41) is 14.8. The van der Waals surface area contributed by atoms with Gasteiger partial charge in [-0.25, -0.2) is 0 Å². The van der Waals surface area contributed by atoms with Gasteiger partial charge in [-0.05, 0) is 100 Å². The number of hydrogen-bond acceptors (Lipinski definition) is 1. The van der Waals surface area contributed by atoms with Crippen molar-refractivity contribution in [2.75, 3.05) is 0 Å². The van der Waals surface area contributed by atoms with E-state index in [9.17, 15) is 0 Å². The second-order valence-corrected chi connectivity index (χ2v) is 13.6. The highest BCUT2D eigenvalue weighted by molar-refractivity contribution is 6.30. The Morgan fingerprint density at radius 1 is 0.294 bits per heavy atom. The van der Waals surface area contributed by atoms with Crippen molar-refractivity contribution in [1.82, 2.24) is 0 Å². The van der Waals surface area contributed by atoms with Gasteiger partial charge in [0.05, 0.1) is 0 Å². The molecule has 1 heteroatoms. The molecule has 51 heavy (non-hydrogen) atoms. The van der Waals surface area contributed by atoms with E-state index in [1.807, 2.05) is 6.07 Å². The zero-order chi connectivity index (χ0) is 33.5. The van der Waals surface area contributed by atoms with Crippen LogP contribution in [0.15, 0.2) is 186 Å². The lowest BCUT2D eigenvalue weighted by Gasteiger charge is -2.19. The second-order valence-electron chi connectivity index (χ2n) is 13.6. The average Bonchev–Trinajstić information content (AvgIpc) is 3.60. The third-order valence-corrected chi connectivity index (χ3v) is 10.8. The molecular weight excluding hydrogens is 617 g/mol. The lowest BCUT2D eigenvalue weighted by atomic mass is 9.84. The van der Waals surface area contributed by atoms with Crippen LogP contribution in [0.1, 0.15) is 0 Å². The SMILES string of the molecule is c1ccc2c(-c3c4ccccc4c(-c4ccc(-c5ccc6c(c5)c5ccccc5c5c7ccccc7oc65)cc4)c4ccccc34)cccc2c1. The minimum atomic E-state index is 0.926. The van der Waals surface area contributed by atoms with Gasteiger partial charge in [-0.2, -0.15) is 0 Å². The van der Waals surface area contributed by atoms with Crippen molar-refractivity contribution in [1.29, 1.82) is 0 Å². The first-order valence-electron chi connectivity index (χ1n) is 17.6. The first-order valence-corrected chi connectivity index (χ1v) is 17.6. The number of benzene rings is 10. The number of rotatable bonds is 3. The van der Waals surface area contributed by atoms with Gasteiger partial charge >= 0.3 is 0 Å². The van der Waals surface area contributed by atoms with Gasteiger partial charge in [0.1, 0.15) is 11.2 Å². The Labute approximate surface area is 294 Å². The zero-order valence-corrected chi connectivity index (χ0v) is 27.7. The Hall–Kier alpha value is -6.70. The Kier molecular flexibility index (Phi) is 6.02. The summed E-state index contributed by atoms with van der Waals surface area (Å²) in [7, 11) is 0. The Morgan fingerprint density at radius 3 is 1.55 bits per heavy atom. The van der Waals surface area contributed by atoms with Crippen molar-refractivity contribution in [2.45, 2.75) is 0 Å². The Balaban J connectivity index is 1.10. The van der Waals surface area contributed by atoms with Crippen LogP contribution in [0.3, 0.4) is 0 Å². The van der Waals surface area contributed by atoms with Crippen molar-refractivity contribution in [3.05, 3.63) is 182 Å². The van der Waals surface area contributed by atoms with Gasteiger partial charge in [0.2, 0.25) is 0 Å². The van der Waals surface area contributed by atoms with Crippen molar-refractivity contribution < 1.29 is 4.42 Å². The van der Waals surface area contributed by atoms with Crippen LogP contribution in [0.2, 0.25) is 0 Å². The molecule has 1 aromatic heterocycles. The highest BCUT2D eigenvalue weighted by atomic mass is 16.3. The molecular formula is C50H30O. The van der Waals surface area contributed by atoms with Gasteiger partial charge in [-0.1, -0.05) is 164 Å². The maximum Gasteiger partial charge on any atom is 0.143 e. The molecule has 11 rings (SSSR count). The minimum absolute atomic E-state index is 0.926. The van der Waals surface area contributed by atoms with E-state index in [2.05, 4.69) is 176 Å². The van der Waals surface area contributed by atoms with Crippen LogP contribution < -0.4 is 0 Å². The number of para-hydroxylation sites is 1. The van der Waals surface area contributed by atoms with Gasteiger partial charge in [-0.15, -0.1) is 0 Å². The normalized spacial score (nSPS) is 11.9. The molecule has 11 aromatic rings. The van der Waals surface area contributed by atoms with Gasteiger partial charge in [0.25, 0.3) is 0 Å². The molecule has 1 heterocycles. The third kappa shape index (κ3) is 4.16. The summed E-state index contributed by atoms with van der Waals surface area (Å²) in [5.74, 6) is 0. The Bertz CT molecular complexity index is 3120. The molecule has 0 saturated heterocycles. The topological polar surface area (TPSA) is 13.1 Å². The third-order valence-electron chi connectivity index (χ3n) is 10.8. The molecule has 0 saturated carbocycles. The molecule has 1 nitrogen and oxygen atoms in total. The fraction of sp³-hybridized carbons (Fsp3) is 0. The smallest absolute Gasteiger partial charge is 0.143 e. The first kappa shape index (κ1) is 28.2. The summed E-state index contributed by atoms with van der Waals surface area (Å²) < 4.78 is 6.51. The number of furan rings is 1. The van der Waals surface area contributed by atoms with Crippen LogP contribution >= 0.6 is 0 Å². The molecule has 0 radical (unpaired) electrons. The zero-order valence-electron chi connectivity index (χ0n) is 27.7. The highest BCUT2D eigenvalue weighted by Crippen LogP contribution is 2.46. The molecule has 0 aliphatic carbocycles. The van der Waals surface area contributed by atoms with Gasteiger partial charge in [-0.3, -0.25) is 0 Å². The van der Waals surface area contributed by atoms with E-state index in [1.54, 1.807) is 0 Å². The van der Waals surface area contributed by atoms with Gasteiger partial charge in [0.15, 0.2) is 0 Å². The minimum Gasteiger partial charge on any atom is -0.455 e. The molecule has 236 valence electrons. The molecule has 0 bridgehead atoms. The predicted molar refractivity (Wildman–Crippen MR) is 218 cm³/mol. The monoisotopic (exact) mass is 646 g/mol. The van der Waals surface area contributed by atoms with Gasteiger partial charge < -0.3 is 4.42 Å². The fourth-order valence-electron chi connectivity index (χ4n) is 8.59. The molecule has 0 spiro atoms. The van der Waals surface area contributed by atoms with Crippen LogP contribution in [0, 0.1) is 0 Å². The summed E-state index contributed by atoms with van der Waals surface area (Å²) >= 11 is 0. The standard InChI is InChI=1S/C50H30O/c1-2-14-35-32(12-1)13-11-22-37(35)48-41-19-7-5-17-39(41)47(40-18-6-8-20-42(40)48)33-26-24-31(25-27-33)34-28-29-43-45(30-34)36-15-3-4-16-38(36)49-44-21-9-10-23-46(44)51-50(43)49/h1-30H. The quantitative estimate of drug-likeness (QED) is 0.138. The molecule has 0 amide bonds. The molecule has 0 unspecified atom stereocenters. The lowest BCUT2D eigenvalue weighted by molar-refractivity contribution is 0.673. The summed E-state index contributed by atoms with van der Waals surface area (Å²) in [6, 6.07) is 66.2. The van der Waals surface area contributed by atoms with Crippen LogP contribution in [0.25, 0.3) is 109 Å². The highest BCUT2D eigenvalue weighted by Gasteiger charge is 2.19. The maximum atomic E-state index is 6.51.